The number of aromatic nitrogens is 1. The molecule has 0 spiro atoms. The summed E-state index contributed by atoms with van der Waals surface area (Å²) >= 11 is 3.19. The van der Waals surface area contributed by atoms with Crippen molar-refractivity contribution in [2.45, 2.75) is 19.9 Å². The molecule has 0 aliphatic carbocycles. The molecule has 1 heterocycles. The summed E-state index contributed by atoms with van der Waals surface area (Å²) in [5.74, 6) is 0.0504. The minimum Gasteiger partial charge on any atom is -0.383 e. The molecule has 0 aromatic carbocycles. The van der Waals surface area contributed by atoms with Crippen LogP contribution in [-0.4, -0.2) is 31.3 Å². The number of pyridine rings is 1. The molecule has 0 N–H and O–H groups in total. The number of rotatable bonds is 5. The lowest BCUT2D eigenvalue weighted by atomic mass is 10.3. The first-order valence-corrected chi connectivity index (χ1v) is 5.92. The van der Waals surface area contributed by atoms with Crippen molar-refractivity contribution >= 4 is 21.7 Å². The van der Waals surface area contributed by atoms with Crippen LogP contribution in [0, 0.1) is 5.82 Å². The number of halogens is 2. The number of methoxy groups -OCH3 is 1. The lowest BCUT2D eigenvalue weighted by Crippen LogP contribution is -2.35. The van der Waals surface area contributed by atoms with Crippen molar-refractivity contribution in [2.75, 3.05) is 25.2 Å². The average Bonchev–Trinajstić information content (AvgIpc) is 2.20. The smallest absolute Gasteiger partial charge is 0.166 e. The normalized spacial score (nSPS) is 10.9. The second-order valence-electron chi connectivity index (χ2n) is 3.74. The van der Waals surface area contributed by atoms with Crippen LogP contribution in [0.5, 0.6) is 0 Å². The van der Waals surface area contributed by atoms with E-state index in [9.17, 15) is 4.39 Å². The van der Waals surface area contributed by atoms with Gasteiger partial charge in [-0.2, -0.15) is 0 Å². The first-order chi connectivity index (χ1) is 7.56. The summed E-state index contributed by atoms with van der Waals surface area (Å²) in [6, 6.07) is 1.60. The molecule has 1 rings (SSSR count). The zero-order valence-electron chi connectivity index (χ0n) is 9.70. The molecule has 0 unspecified atom stereocenters. The lowest BCUT2D eigenvalue weighted by Gasteiger charge is -2.27. The fourth-order valence-corrected chi connectivity index (χ4v) is 1.72. The molecule has 0 fully saturated rings. The van der Waals surface area contributed by atoms with Crippen molar-refractivity contribution in [3.63, 3.8) is 0 Å². The van der Waals surface area contributed by atoms with Gasteiger partial charge in [-0.05, 0) is 35.8 Å². The average molecular weight is 291 g/mol. The standard InChI is InChI=1S/C11H16BrFN2O/c1-8(2)15(4-5-16-3)11-10(13)6-9(12)7-14-11/h6-8H,4-5H2,1-3H3. The minimum atomic E-state index is -0.320. The van der Waals surface area contributed by atoms with Gasteiger partial charge in [0.1, 0.15) is 0 Å². The molecule has 0 radical (unpaired) electrons. The third-order valence-electron chi connectivity index (χ3n) is 2.22. The highest BCUT2D eigenvalue weighted by atomic mass is 79.9. The lowest BCUT2D eigenvalue weighted by molar-refractivity contribution is 0.203. The monoisotopic (exact) mass is 290 g/mol. The second-order valence-corrected chi connectivity index (χ2v) is 4.65. The number of ether oxygens (including phenoxy) is 1. The van der Waals surface area contributed by atoms with E-state index in [1.165, 1.54) is 6.07 Å². The maximum Gasteiger partial charge on any atom is 0.166 e. The van der Waals surface area contributed by atoms with Gasteiger partial charge in [-0.25, -0.2) is 9.37 Å². The Hall–Kier alpha value is -0.680. The van der Waals surface area contributed by atoms with Crippen LogP contribution in [0.3, 0.4) is 0 Å². The zero-order valence-corrected chi connectivity index (χ0v) is 11.3. The predicted molar refractivity (Wildman–Crippen MR) is 66.3 cm³/mol. The van der Waals surface area contributed by atoms with E-state index in [1.54, 1.807) is 13.3 Å². The largest absolute Gasteiger partial charge is 0.383 e. The fourth-order valence-electron chi connectivity index (χ4n) is 1.42. The van der Waals surface area contributed by atoms with Crippen molar-refractivity contribution in [1.82, 2.24) is 4.98 Å². The quantitative estimate of drug-likeness (QED) is 0.834. The maximum atomic E-state index is 13.7. The van der Waals surface area contributed by atoms with Gasteiger partial charge in [-0.3, -0.25) is 0 Å². The first kappa shape index (κ1) is 13.4. The Labute approximate surface area is 104 Å². The highest BCUT2D eigenvalue weighted by molar-refractivity contribution is 9.10. The summed E-state index contributed by atoms with van der Waals surface area (Å²) in [6.07, 6.45) is 1.60. The molecule has 0 aliphatic heterocycles. The molecule has 1 aromatic heterocycles. The molecule has 0 atom stereocenters. The van der Waals surface area contributed by atoms with Gasteiger partial charge in [-0.1, -0.05) is 0 Å². The predicted octanol–water partition coefficient (Wildman–Crippen LogP) is 2.84. The van der Waals surface area contributed by atoms with Crippen LogP contribution in [0.4, 0.5) is 10.2 Å². The Bertz CT molecular complexity index is 347. The number of anilines is 1. The topological polar surface area (TPSA) is 25.4 Å². The maximum absolute atomic E-state index is 13.7. The molecule has 0 saturated carbocycles. The van der Waals surface area contributed by atoms with Crippen LogP contribution >= 0.6 is 15.9 Å². The molecule has 90 valence electrons. The number of hydrogen-bond acceptors (Lipinski definition) is 3. The van der Waals surface area contributed by atoms with Gasteiger partial charge in [0.05, 0.1) is 6.61 Å². The van der Waals surface area contributed by atoms with Crippen LogP contribution in [0.25, 0.3) is 0 Å². The Morgan fingerprint density at radius 3 is 2.75 bits per heavy atom. The Morgan fingerprint density at radius 2 is 2.25 bits per heavy atom. The molecule has 0 saturated heterocycles. The van der Waals surface area contributed by atoms with E-state index in [2.05, 4.69) is 20.9 Å². The highest BCUT2D eigenvalue weighted by Gasteiger charge is 2.16. The summed E-state index contributed by atoms with van der Waals surface area (Å²) in [7, 11) is 1.63. The Morgan fingerprint density at radius 1 is 1.56 bits per heavy atom. The van der Waals surface area contributed by atoms with Gasteiger partial charge in [0.2, 0.25) is 0 Å². The van der Waals surface area contributed by atoms with E-state index in [4.69, 9.17) is 4.74 Å². The van der Waals surface area contributed by atoms with E-state index in [-0.39, 0.29) is 11.9 Å². The van der Waals surface area contributed by atoms with E-state index in [0.29, 0.717) is 23.4 Å². The van der Waals surface area contributed by atoms with Crippen LogP contribution in [0.15, 0.2) is 16.7 Å². The van der Waals surface area contributed by atoms with Crippen molar-refractivity contribution in [2.24, 2.45) is 0 Å². The Kier molecular flexibility index (Phi) is 5.15. The fraction of sp³-hybridized carbons (Fsp3) is 0.545. The summed E-state index contributed by atoms with van der Waals surface area (Å²) < 4.78 is 19.4. The van der Waals surface area contributed by atoms with Gasteiger partial charge < -0.3 is 9.64 Å². The summed E-state index contributed by atoms with van der Waals surface area (Å²) in [4.78, 5) is 5.98. The SMILES string of the molecule is COCCN(c1ncc(Br)cc1F)C(C)C. The van der Waals surface area contributed by atoms with Crippen LogP contribution in [0.1, 0.15) is 13.8 Å². The van der Waals surface area contributed by atoms with Crippen LogP contribution < -0.4 is 4.90 Å². The number of hydrogen-bond donors (Lipinski definition) is 0. The molecular formula is C11H16BrFN2O. The highest BCUT2D eigenvalue weighted by Crippen LogP contribution is 2.21. The molecule has 1 aromatic rings. The Balaban J connectivity index is 2.92. The van der Waals surface area contributed by atoms with E-state index in [0.717, 1.165) is 0 Å². The van der Waals surface area contributed by atoms with Gasteiger partial charge in [0.25, 0.3) is 0 Å². The molecule has 0 aliphatic rings. The molecule has 3 nitrogen and oxygen atoms in total. The third kappa shape index (κ3) is 3.42. The van der Waals surface area contributed by atoms with Crippen LogP contribution in [-0.2, 0) is 4.74 Å². The summed E-state index contributed by atoms with van der Waals surface area (Å²) in [5.41, 5.74) is 0. The van der Waals surface area contributed by atoms with Gasteiger partial charge in [0.15, 0.2) is 11.6 Å². The van der Waals surface area contributed by atoms with Gasteiger partial charge in [0, 0.05) is 30.4 Å². The van der Waals surface area contributed by atoms with Crippen molar-refractivity contribution in [3.8, 4) is 0 Å². The number of nitrogens with zero attached hydrogens (tertiary/aromatic N) is 2. The van der Waals surface area contributed by atoms with E-state index < -0.39 is 0 Å². The van der Waals surface area contributed by atoms with E-state index in [1.807, 2.05) is 18.7 Å². The van der Waals surface area contributed by atoms with Crippen molar-refractivity contribution < 1.29 is 9.13 Å². The van der Waals surface area contributed by atoms with Crippen molar-refractivity contribution in [3.05, 3.63) is 22.6 Å². The second kappa shape index (κ2) is 6.15. The van der Waals surface area contributed by atoms with E-state index >= 15 is 0 Å². The molecular weight excluding hydrogens is 275 g/mol. The summed E-state index contributed by atoms with van der Waals surface area (Å²) in [6.45, 7) is 5.17. The van der Waals surface area contributed by atoms with Gasteiger partial charge in [-0.15, -0.1) is 0 Å². The van der Waals surface area contributed by atoms with Gasteiger partial charge >= 0.3 is 0 Å². The molecule has 0 amide bonds. The molecule has 5 heteroatoms. The van der Waals surface area contributed by atoms with Crippen LogP contribution in [0.2, 0.25) is 0 Å². The first-order valence-electron chi connectivity index (χ1n) is 5.13. The molecule has 0 bridgehead atoms. The van der Waals surface area contributed by atoms with Crippen molar-refractivity contribution in [1.29, 1.82) is 0 Å². The summed E-state index contributed by atoms with van der Waals surface area (Å²) in [5, 5.41) is 0. The molecule has 16 heavy (non-hydrogen) atoms. The zero-order chi connectivity index (χ0) is 12.1. The third-order valence-corrected chi connectivity index (χ3v) is 2.65. The minimum absolute atomic E-state index is 0.179.